The predicted octanol–water partition coefficient (Wildman–Crippen LogP) is 4.64. The molecular formula is C15H11BrO3. The molecule has 0 amide bonds. The normalized spacial score (nSPS) is 11.1. The second kappa shape index (κ2) is 4.38. The van der Waals surface area contributed by atoms with Crippen LogP contribution in [0, 0.1) is 13.8 Å². The quantitative estimate of drug-likeness (QED) is 0.647. The fourth-order valence-corrected chi connectivity index (χ4v) is 2.59. The van der Waals surface area contributed by atoms with Crippen molar-refractivity contribution < 1.29 is 13.6 Å². The third kappa shape index (κ3) is 2.02. The van der Waals surface area contributed by atoms with Crippen LogP contribution in [0.3, 0.4) is 0 Å². The van der Waals surface area contributed by atoms with Gasteiger partial charge in [-0.2, -0.15) is 0 Å². The zero-order valence-corrected chi connectivity index (χ0v) is 12.1. The minimum absolute atomic E-state index is 0.155. The Morgan fingerprint density at radius 3 is 2.58 bits per heavy atom. The molecule has 3 nitrogen and oxygen atoms in total. The first-order valence-electron chi connectivity index (χ1n) is 5.86. The van der Waals surface area contributed by atoms with Crippen LogP contribution >= 0.6 is 15.9 Å². The number of furan rings is 2. The van der Waals surface area contributed by atoms with Gasteiger partial charge in [-0.05, 0) is 48.0 Å². The lowest BCUT2D eigenvalue weighted by Crippen LogP contribution is -1.99. The summed E-state index contributed by atoms with van der Waals surface area (Å²) in [4.78, 5) is 12.4. The molecule has 0 aliphatic carbocycles. The fraction of sp³-hybridized carbons (Fsp3) is 0.133. The van der Waals surface area contributed by atoms with Crippen molar-refractivity contribution in [1.82, 2.24) is 0 Å². The predicted molar refractivity (Wildman–Crippen MR) is 75.5 cm³/mol. The molecule has 0 saturated carbocycles. The van der Waals surface area contributed by atoms with Crippen molar-refractivity contribution in [2.24, 2.45) is 0 Å². The number of hydrogen-bond donors (Lipinski definition) is 0. The molecule has 1 aromatic carbocycles. The van der Waals surface area contributed by atoms with Gasteiger partial charge in [-0.1, -0.05) is 12.1 Å². The van der Waals surface area contributed by atoms with Crippen molar-refractivity contribution in [1.29, 1.82) is 0 Å². The highest BCUT2D eigenvalue weighted by molar-refractivity contribution is 9.10. The first-order valence-corrected chi connectivity index (χ1v) is 6.65. The number of para-hydroxylation sites is 1. The molecule has 4 heteroatoms. The SMILES string of the molecule is Cc1cc(C(=O)c2cc3cccc(Br)c3o2)c(C)o1. The van der Waals surface area contributed by atoms with Crippen LogP contribution in [0.15, 0.2) is 43.6 Å². The molecule has 2 aromatic heterocycles. The van der Waals surface area contributed by atoms with Crippen molar-refractivity contribution in [3.63, 3.8) is 0 Å². The van der Waals surface area contributed by atoms with Crippen molar-refractivity contribution in [2.75, 3.05) is 0 Å². The van der Waals surface area contributed by atoms with Gasteiger partial charge in [-0.3, -0.25) is 4.79 Å². The van der Waals surface area contributed by atoms with E-state index in [4.69, 9.17) is 8.83 Å². The number of carbonyl (C=O) groups is 1. The molecule has 0 bridgehead atoms. The third-order valence-corrected chi connectivity index (χ3v) is 3.63. The Balaban J connectivity index is 2.12. The smallest absolute Gasteiger partial charge is 0.231 e. The average Bonchev–Trinajstić information content (AvgIpc) is 2.93. The average molecular weight is 319 g/mol. The maximum Gasteiger partial charge on any atom is 0.231 e. The number of ketones is 1. The molecule has 3 aromatic rings. The molecule has 2 heterocycles. The topological polar surface area (TPSA) is 43.4 Å². The zero-order valence-electron chi connectivity index (χ0n) is 10.5. The van der Waals surface area contributed by atoms with E-state index in [0.717, 1.165) is 15.6 Å². The summed E-state index contributed by atoms with van der Waals surface area (Å²) >= 11 is 3.41. The Kier molecular flexibility index (Phi) is 2.82. The third-order valence-electron chi connectivity index (χ3n) is 3.01. The van der Waals surface area contributed by atoms with Crippen molar-refractivity contribution >= 4 is 32.7 Å². The number of halogens is 1. The van der Waals surface area contributed by atoms with Crippen LogP contribution in [0.25, 0.3) is 11.0 Å². The highest BCUT2D eigenvalue weighted by atomic mass is 79.9. The molecule has 3 rings (SSSR count). The lowest BCUT2D eigenvalue weighted by molar-refractivity contribution is 0.101. The van der Waals surface area contributed by atoms with E-state index in [9.17, 15) is 4.79 Å². The Labute approximate surface area is 118 Å². The second-order valence-corrected chi connectivity index (χ2v) is 5.28. The van der Waals surface area contributed by atoms with Crippen LogP contribution in [-0.4, -0.2) is 5.78 Å². The van der Waals surface area contributed by atoms with Crippen LogP contribution in [0.1, 0.15) is 27.6 Å². The summed E-state index contributed by atoms with van der Waals surface area (Å²) < 4.78 is 11.9. The Bertz CT molecular complexity index is 780. The first-order chi connectivity index (χ1) is 9.06. The zero-order chi connectivity index (χ0) is 13.6. The van der Waals surface area contributed by atoms with E-state index in [0.29, 0.717) is 22.7 Å². The van der Waals surface area contributed by atoms with Gasteiger partial charge in [0.1, 0.15) is 17.1 Å². The van der Waals surface area contributed by atoms with Gasteiger partial charge in [0.15, 0.2) is 5.76 Å². The van der Waals surface area contributed by atoms with E-state index in [1.54, 1.807) is 19.1 Å². The molecule has 0 fully saturated rings. The summed E-state index contributed by atoms with van der Waals surface area (Å²) in [6.45, 7) is 3.60. The van der Waals surface area contributed by atoms with E-state index >= 15 is 0 Å². The minimum Gasteiger partial charge on any atom is -0.466 e. The Morgan fingerprint density at radius 2 is 1.95 bits per heavy atom. The number of rotatable bonds is 2. The summed E-state index contributed by atoms with van der Waals surface area (Å²) in [5, 5.41) is 0.899. The van der Waals surface area contributed by atoms with Gasteiger partial charge in [0.25, 0.3) is 0 Å². The molecular weight excluding hydrogens is 308 g/mol. The highest BCUT2D eigenvalue weighted by Gasteiger charge is 2.20. The lowest BCUT2D eigenvalue weighted by Gasteiger charge is -1.94. The Morgan fingerprint density at radius 1 is 1.16 bits per heavy atom. The van der Waals surface area contributed by atoms with E-state index in [1.165, 1.54) is 0 Å². The maximum atomic E-state index is 12.4. The van der Waals surface area contributed by atoms with E-state index < -0.39 is 0 Å². The van der Waals surface area contributed by atoms with Crippen LogP contribution in [0.5, 0.6) is 0 Å². The minimum atomic E-state index is -0.155. The van der Waals surface area contributed by atoms with Gasteiger partial charge in [0.05, 0.1) is 10.0 Å². The number of carbonyl (C=O) groups excluding carboxylic acids is 1. The van der Waals surface area contributed by atoms with E-state index in [-0.39, 0.29) is 5.78 Å². The molecule has 0 aliphatic heterocycles. The molecule has 0 atom stereocenters. The fourth-order valence-electron chi connectivity index (χ4n) is 2.13. The van der Waals surface area contributed by atoms with E-state index in [2.05, 4.69) is 15.9 Å². The molecule has 0 saturated heterocycles. The van der Waals surface area contributed by atoms with Crippen molar-refractivity contribution in [3.05, 3.63) is 57.6 Å². The monoisotopic (exact) mass is 318 g/mol. The van der Waals surface area contributed by atoms with Gasteiger partial charge < -0.3 is 8.83 Å². The first kappa shape index (κ1) is 12.2. The molecule has 0 radical (unpaired) electrons. The largest absolute Gasteiger partial charge is 0.466 e. The van der Waals surface area contributed by atoms with Gasteiger partial charge in [-0.15, -0.1) is 0 Å². The summed E-state index contributed by atoms with van der Waals surface area (Å²) in [5.74, 6) is 1.50. The molecule has 0 aliphatic rings. The number of hydrogen-bond acceptors (Lipinski definition) is 3. The van der Waals surface area contributed by atoms with Gasteiger partial charge in [0, 0.05) is 5.39 Å². The summed E-state index contributed by atoms with van der Waals surface area (Å²) in [6, 6.07) is 9.19. The summed E-state index contributed by atoms with van der Waals surface area (Å²) in [7, 11) is 0. The number of benzene rings is 1. The second-order valence-electron chi connectivity index (χ2n) is 4.42. The lowest BCUT2D eigenvalue weighted by atomic mass is 10.1. The highest BCUT2D eigenvalue weighted by Crippen LogP contribution is 2.28. The summed E-state index contributed by atoms with van der Waals surface area (Å²) in [6.07, 6.45) is 0. The molecule has 19 heavy (non-hydrogen) atoms. The number of aryl methyl sites for hydroxylation is 2. The maximum absolute atomic E-state index is 12.4. The number of fused-ring (bicyclic) bond motifs is 1. The van der Waals surface area contributed by atoms with Crippen LogP contribution in [0.2, 0.25) is 0 Å². The van der Waals surface area contributed by atoms with Crippen LogP contribution in [0.4, 0.5) is 0 Å². The van der Waals surface area contributed by atoms with E-state index in [1.807, 2.05) is 25.1 Å². The van der Waals surface area contributed by atoms with Crippen molar-refractivity contribution in [2.45, 2.75) is 13.8 Å². The van der Waals surface area contributed by atoms with Crippen molar-refractivity contribution in [3.8, 4) is 0 Å². The van der Waals surface area contributed by atoms with Crippen LogP contribution in [-0.2, 0) is 0 Å². The standard InChI is InChI=1S/C15H11BrO3/c1-8-6-11(9(2)18-8)14(17)13-7-10-4-3-5-12(16)15(10)19-13/h3-7H,1-2H3. The van der Waals surface area contributed by atoms with Gasteiger partial charge in [0.2, 0.25) is 5.78 Å². The van der Waals surface area contributed by atoms with Gasteiger partial charge in [-0.25, -0.2) is 0 Å². The summed E-state index contributed by atoms with van der Waals surface area (Å²) in [5.41, 5.74) is 1.23. The Hall–Kier alpha value is -1.81. The molecule has 0 N–H and O–H groups in total. The molecule has 0 spiro atoms. The van der Waals surface area contributed by atoms with Gasteiger partial charge >= 0.3 is 0 Å². The molecule has 0 unspecified atom stereocenters. The van der Waals surface area contributed by atoms with Crippen LogP contribution < -0.4 is 0 Å². The molecule has 96 valence electrons.